The van der Waals surface area contributed by atoms with E-state index in [2.05, 4.69) is 22.3 Å². The normalized spacial score (nSPS) is 23.2. The van der Waals surface area contributed by atoms with Crippen LogP contribution in [0.15, 0.2) is 29.2 Å². The molecule has 1 unspecified atom stereocenters. The minimum absolute atomic E-state index is 0.0875. The fraction of sp³-hybridized carbons (Fsp3) is 0.593. The minimum atomic E-state index is -1.04. The van der Waals surface area contributed by atoms with Crippen LogP contribution in [0.25, 0.3) is 0 Å². The number of nitrogens with one attached hydrogen (secondary N) is 1. The lowest BCUT2D eigenvalue weighted by molar-refractivity contribution is 0.0303. The number of piperidine rings is 1. The van der Waals surface area contributed by atoms with Gasteiger partial charge in [-0.15, -0.1) is 0 Å². The van der Waals surface area contributed by atoms with Crippen molar-refractivity contribution in [2.75, 3.05) is 68.6 Å². The van der Waals surface area contributed by atoms with Gasteiger partial charge < -0.3 is 29.1 Å². The molecule has 1 N–H and O–H groups in total. The van der Waals surface area contributed by atoms with Crippen LogP contribution in [0, 0.1) is 0 Å². The molecule has 0 bridgehead atoms. The van der Waals surface area contributed by atoms with E-state index in [-0.39, 0.29) is 5.91 Å². The number of anilines is 2. The molecule has 4 aliphatic rings. The summed E-state index contributed by atoms with van der Waals surface area (Å²) in [5, 5.41) is 3.57. The van der Waals surface area contributed by atoms with E-state index in [1.807, 2.05) is 17.0 Å². The molecule has 0 radical (unpaired) electrons. The number of benzene rings is 1. The monoisotopic (exact) mass is 525 g/mol. The van der Waals surface area contributed by atoms with Crippen LogP contribution < -0.4 is 10.2 Å². The lowest BCUT2D eigenvalue weighted by Crippen LogP contribution is -2.40. The number of hydrogen-bond acceptors (Lipinski definition) is 8. The van der Waals surface area contributed by atoms with Gasteiger partial charge >= 0.3 is 0 Å². The van der Waals surface area contributed by atoms with E-state index in [1.165, 1.54) is 5.56 Å². The second-order valence-electron chi connectivity index (χ2n) is 10.3. The first-order valence-electron chi connectivity index (χ1n) is 13.5. The van der Waals surface area contributed by atoms with Crippen LogP contribution in [-0.4, -0.2) is 89.7 Å². The van der Waals surface area contributed by atoms with Crippen molar-refractivity contribution in [3.63, 3.8) is 0 Å². The number of aromatic nitrogens is 2. The van der Waals surface area contributed by atoms with Crippen molar-refractivity contribution in [2.24, 2.45) is 0 Å². The first kappa shape index (κ1) is 24.9. The number of rotatable bonds is 5. The van der Waals surface area contributed by atoms with Crippen LogP contribution in [-0.2, 0) is 27.1 Å². The second-order valence-corrected chi connectivity index (χ2v) is 11.8. The van der Waals surface area contributed by atoms with Crippen molar-refractivity contribution < 1.29 is 18.8 Å². The first-order valence-corrected chi connectivity index (χ1v) is 14.8. The topological polar surface area (TPSA) is 103 Å². The number of hydrogen-bond donors (Lipinski definition) is 1. The number of ether oxygens (including phenoxy) is 2. The zero-order valence-electron chi connectivity index (χ0n) is 21.2. The molecule has 4 aliphatic heterocycles. The highest BCUT2D eigenvalue weighted by Crippen LogP contribution is 2.35. The summed E-state index contributed by atoms with van der Waals surface area (Å²) < 4.78 is 23.6. The summed E-state index contributed by atoms with van der Waals surface area (Å²) in [5.41, 5.74) is 2.96. The Morgan fingerprint density at radius 1 is 0.946 bits per heavy atom. The van der Waals surface area contributed by atoms with Gasteiger partial charge in [-0.25, -0.2) is 4.98 Å². The van der Waals surface area contributed by atoms with Crippen molar-refractivity contribution in [2.45, 2.75) is 49.0 Å². The molecule has 5 heterocycles. The predicted octanol–water partition coefficient (Wildman–Crippen LogP) is 2.59. The number of carbonyl (C=O) groups is 1. The van der Waals surface area contributed by atoms with Crippen LogP contribution in [0.1, 0.15) is 53.2 Å². The Balaban J connectivity index is 1.11. The van der Waals surface area contributed by atoms with E-state index >= 15 is 0 Å². The molecule has 1 aromatic heterocycles. The minimum Gasteiger partial charge on any atom is -0.611 e. The number of nitrogens with zero attached hydrogens (tertiary/aromatic N) is 4. The molecule has 9 nitrogen and oxygen atoms in total. The molecule has 0 aliphatic carbocycles. The second kappa shape index (κ2) is 11.1. The molecule has 1 aromatic carbocycles. The summed E-state index contributed by atoms with van der Waals surface area (Å²) in [6, 6.07) is 8.47. The van der Waals surface area contributed by atoms with Gasteiger partial charge in [-0.2, -0.15) is 4.98 Å². The molecule has 3 fully saturated rings. The number of aryl methyl sites for hydroxylation is 1. The Morgan fingerprint density at radius 3 is 2.38 bits per heavy atom. The summed E-state index contributed by atoms with van der Waals surface area (Å²) in [4.78, 5) is 27.5. The zero-order valence-corrected chi connectivity index (χ0v) is 22.0. The average molecular weight is 526 g/mol. The fourth-order valence-corrected chi connectivity index (χ4v) is 7.03. The number of amides is 1. The summed E-state index contributed by atoms with van der Waals surface area (Å²) in [5.74, 6) is 2.67. The van der Waals surface area contributed by atoms with Crippen LogP contribution in [0.4, 0.5) is 11.8 Å². The van der Waals surface area contributed by atoms with Crippen molar-refractivity contribution in [1.29, 1.82) is 0 Å². The van der Waals surface area contributed by atoms with Gasteiger partial charge in [0.15, 0.2) is 5.82 Å². The highest BCUT2D eigenvalue weighted by Gasteiger charge is 2.34. The van der Waals surface area contributed by atoms with E-state index < -0.39 is 11.2 Å². The molecule has 2 aromatic rings. The number of morpholine rings is 1. The van der Waals surface area contributed by atoms with Gasteiger partial charge in [0, 0.05) is 57.4 Å². The Labute approximate surface area is 221 Å². The van der Waals surface area contributed by atoms with Crippen LogP contribution in [0.2, 0.25) is 0 Å². The summed E-state index contributed by atoms with van der Waals surface area (Å²) >= 11 is -1.04. The summed E-state index contributed by atoms with van der Waals surface area (Å²) in [7, 11) is 0. The van der Waals surface area contributed by atoms with E-state index in [1.54, 1.807) is 0 Å². The third-order valence-electron chi connectivity index (χ3n) is 7.94. The van der Waals surface area contributed by atoms with Crippen molar-refractivity contribution in [3.8, 4) is 0 Å². The summed E-state index contributed by atoms with van der Waals surface area (Å²) in [6.07, 6.45) is 4.62. The SMILES string of the molecule is O=C(c1ccc(C2CCN(c3nc4c(c(NC5CCOCC5)n3)[S+]([O-])CC4)CC2)cc1)N1CCOCC1. The van der Waals surface area contributed by atoms with E-state index in [9.17, 15) is 9.35 Å². The van der Waals surface area contributed by atoms with Crippen LogP contribution in [0.5, 0.6) is 0 Å². The molecule has 1 atom stereocenters. The van der Waals surface area contributed by atoms with E-state index in [0.29, 0.717) is 44.0 Å². The quantitative estimate of drug-likeness (QED) is 0.595. The van der Waals surface area contributed by atoms with Gasteiger partial charge in [0.1, 0.15) is 11.4 Å². The van der Waals surface area contributed by atoms with E-state index in [0.717, 1.165) is 86.3 Å². The maximum Gasteiger partial charge on any atom is 0.254 e. The lowest BCUT2D eigenvalue weighted by Gasteiger charge is -2.33. The van der Waals surface area contributed by atoms with Crippen LogP contribution >= 0.6 is 0 Å². The molecular formula is C27H35N5O4S. The average Bonchev–Trinajstić information content (AvgIpc) is 3.34. The Bertz CT molecular complexity index is 1100. The first-order chi connectivity index (χ1) is 18.2. The Hall–Kier alpha value is -2.40. The van der Waals surface area contributed by atoms with E-state index in [4.69, 9.17) is 19.4 Å². The van der Waals surface area contributed by atoms with Gasteiger partial charge in [-0.3, -0.25) is 4.79 Å². The largest absolute Gasteiger partial charge is 0.611 e. The number of fused-ring (bicyclic) bond motifs is 1. The van der Waals surface area contributed by atoms with Crippen molar-refractivity contribution in [1.82, 2.24) is 14.9 Å². The number of carbonyl (C=O) groups excluding carboxylic acids is 1. The van der Waals surface area contributed by atoms with Crippen LogP contribution in [0.3, 0.4) is 0 Å². The molecular weight excluding hydrogens is 490 g/mol. The van der Waals surface area contributed by atoms with Gasteiger partial charge in [-0.05, 0) is 60.5 Å². The zero-order chi connectivity index (χ0) is 25.2. The van der Waals surface area contributed by atoms with Gasteiger partial charge in [0.2, 0.25) is 10.8 Å². The Morgan fingerprint density at radius 2 is 1.65 bits per heavy atom. The molecule has 10 heteroatoms. The molecule has 3 saturated heterocycles. The fourth-order valence-electron chi connectivity index (χ4n) is 5.72. The van der Waals surface area contributed by atoms with Crippen molar-refractivity contribution >= 4 is 28.8 Å². The summed E-state index contributed by atoms with van der Waals surface area (Å²) in [6.45, 7) is 5.78. The molecule has 0 saturated carbocycles. The maximum absolute atomic E-state index is 12.8. The molecule has 6 rings (SSSR count). The lowest BCUT2D eigenvalue weighted by atomic mass is 9.89. The van der Waals surface area contributed by atoms with Gasteiger partial charge in [-0.1, -0.05) is 12.1 Å². The smallest absolute Gasteiger partial charge is 0.254 e. The van der Waals surface area contributed by atoms with Crippen molar-refractivity contribution in [3.05, 3.63) is 41.1 Å². The third kappa shape index (κ3) is 5.43. The third-order valence-corrected chi connectivity index (χ3v) is 9.40. The van der Waals surface area contributed by atoms with Gasteiger partial charge in [0.05, 0.1) is 13.2 Å². The van der Waals surface area contributed by atoms with Gasteiger partial charge in [0.25, 0.3) is 5.91 Å². The molecule has 198 valence electrons. The standard InChI is InChI=1S/C27H35N5O4S/c33-26(31-12-16-36-17-13-31)21-3-1-19(2-4-21)20-5-10-32(11-6-20)27-29-23-9-18-37(34)24(23)25(30-27)28-22-7-14-35-15-8-22/h1-4,20,22H,5-18H2,(H,28,29,30). The molecule has 1 amide bonds. The molecule has 0 spiro atoms. The highest BCUT2D eigenvalue weighted by atomic mass is 32.2. The molecule has 37 heavy (non-hydrogen) atoms. The highest BCUT2D eigenvalue weighted by molar-refractivity contribution is 7.91. The predicted molar refractivity (Wildman–Crippen MR) is 142 cm³/mol. The Kier molecular flexibility index (Phi) is 7.50. The maximum atomic E-state index is 12.8.